The molecule has 1 aliphatic rings. The van der Waals surface area contributed by atoms with E-state index in [2.05, 4.69) is 9.72 Å². The quantitative estimate of drug-likeness (QED) is 0.741. The summed E-state index contributed by atoms with van der Waals surface area (Å²) in [7, 11) is 1.36. The highest BCUT2D eigenvalue weighted by molar-refractivity contribution is 5.71. The maximum atomic E-state index is 11.3. The van der Waals surface area contributed by atoms with Gasteiger partial charge in [-0.25, -0.2) is 4.98 Å². The number of methoxy groups -OCH3 is 1. The van der Waals surface area contributed by atoms with Gasteiger partial charge in [0.25, 0.3) is 0 Å². The van der Waals surface area contributed by atoms with Crippen molar-refractivity contribution in [2.45, 2.75) is 18.4 Å². The summed E-state index contributed by atoms with van der Waals surface area (Å²) in [5, 5.41) is 0. The molecule has 1 aromatic heterocycles. The number of nitrogens with two attached hydrogens (primary N) is 1. The Morgan fingerprint density at radius 1 is 1.75 bits per heavy atom. The summed E-state index contributed by atoms with van der Waals surface area (Å²) in [5.41, 5.74) is 6.27. The number of fused-ring (bicyclic) bond motifs is 1. The molecular formula is C11H14N2O3. The maximum Gasteiger partial charge on any atom is 0.307 e. The fraction of sp³-hybridized carbons (Fsp3) is 0.455. The van der Waals surface area contributed by atoms with Gasteiger partial charge in [-0.15, -0.1) is 0 Å². The van der Waals surface area contributed by atoms with Gasteiger partial charge in [-0.2, -0.15) is 0 Å². The number of ether oxygens (including phenoxy) is 2. The average molecular weight is 222 g/mol. The molecule has 5 heteroatoms. The molecule has 86 valence electrons. The van der Waals surface area contributed by atoms with Crippen LogP contribution in [0.2, 0.25) is 0 Å². The second-order valence-corrected chi connectivity index (χ2v) is 3.86. The van der Waals surface area contributed by atoms with E-state index in [0.29, 0.717) is 18.9 Å². The van der Waals surface area contributed by atoms with Crippen LogP contribution < -0.4 is 10.5 Å². The Bertz CT molecular complexity index is 408. The monoisotopic (exact) mass is 222 g/mol. The highest BCUT2D eigenvalue weighted by atomic mass is 16.5. The van der Waals surface area contributed by atoms with Gasteiger partial charge < -0.3 is 15.2 Å². The minimum Gasteiger partial charge on any atom is -0.477 e. The minimum absolute atomic E-state index is 0.144. The Hall–Kier alpha value is -1.62. The fourth-order valence-corrected chi connectivity index (χ4v) is 1.86. The van der Waals surface area contributed by atoms with Crippen LogP contribution in [0.4, 0.5) is 0 Å². The summed E-state index contributed by atoms with van der Waals surface area (Å²) in [6.07, 6.45) is 2.37. The molecule has 0 saturated carbocycles. The van der Waals surface area contributed by atoms with E-state index in [-0.39, 0.29) is 12.4 Å². The summed E-state index contributed by atoms with van der Waals surface area (Å²) < 4.78 is 10.0. The molecule has 1 aromatic rings. The highest BCUT2D eigenvalue weighted by Gasteiger charge is 2.37. The van der Waals surface area contributed by atoms with Gasteiger partial charge in [0.15, 0.2) is 0 Å². The summed E-state index contributed by atoms with van der Waals surface area (Å²) in [5.74, 6) is 0.194. The van der Waals surface area contributed by atoms with Gasteiger partial charge in [0.2, 0.25) is 5.88 Å². The number of hydrogen-bond donors (Lipinski definition) is 1. The van der Waals surface area contributed by atoms with Crippen molar-refractivity contribution >= 4 is 5.97 Å². The van der Waals surface area contributed by atoms with Crippen LogP contribution >= 0.6 is 0 Å². The van der Waals surface area contributed by atoms with E-state index in [4.69, 9.17) is 10.5 Å². The van der Waals surface area contributed by atoms with Crippen molar-refractivity contribution in [3.05, 3.63) is 23.9 Å². The van der Waals surface area contributed by atoms with Gasteiger partial charge in [-0.3, -0.25) is 4.79 Å². The van der Waals surface area contributed by atoms with Crippen molar-refractivity contribution in [1.82, 2.24) is 4.98 Å². The van der Waals surface area contributed by atoms with Crippen LogP contribution in [0.1, 0.15) is 18.4 Å². The SMILES string of the molecule is COC(=O)C[C@@]1(N)CCOc2ncccc21. The highest BCUT2D eigenvalue weighted by Crippen LogP contribution is 2.35. The van der Waals surface area contributed by atoms with Crippen LogP contribution in [-0.4, -0.2) is 24.7 Å². The smallest absolute Gasteiger partial charge is 0.307 e. The number of carbonyl (C=O) groups is 1. The molecule has 2 rings (SSSR count). The standard InChI is InChI=1S/C11H14N2O3/c1-15-9(14)7-11(12)4-6-16-10-8(11)3-2-5-13-10/h2-3,5H,4,6-7,12H2,1H3/t11-/m0/s1. The summed E-state index contributed by atoms with van der Waals surface area (Å²) in [6, 6.07) is 3.62. The first-order chi connectivity index (χ1) is 7.65. The number of aromatic nitrogens is 1. The topological polar surface area (TPSA) is 74.4 Å². The molecule has 1 aliphatic heterocycles. The molecule has 16 heavy (non-hydrogen) atoms. The number of nitrogens with zero attached hydrogens (tertiary/aromatic N) is 1. The molecule has 0 fully saturated rings. The third-order valence-corrected chi connectivity index (χ3v) is 2.78. The summed E-state index contributed by atoms with van der Waals surface area (Å²) in [4.78, 5) is 15.4. The van der Waals surface area contributed by atoms with Crippen LogP contribution in [0.25, 0.3) is 0 Å². The Morgan fingerprint density at radius 2 is 2.56 bits per heavy atom. The molecule has 0 aromatic carbocycles. The fourth-order valence-electron chi connectivity index (χ4n) is 1.86. The van der Waals surface area contributed by atoms with E-state index in [0.717, 1.165) is 5.56 Å². The molecule has 0 aliphatic carbocycles. The van der Waals surface area contributed by atoms with Gasteiger partial charge in [0.05, 0.1) is 25.7 Å². The van der Waals surface area contributed by atoms with Crippen molar-refractivity contribution in [1.29, 1.82) is 0 Å². The van der Waals surface area contributed by atoms with E-state index in [9.17, 15) is 4.79 Å². The van der Waals surface area contributed by atoms with Gasteiger partial charge in [0.1, 0.15) is 0 Å². The molecule has 0 amide bonds. The first-order valence-corrected chi connectivity index (χ1v) is 5.10. The zero-order chi connectivity index (χ0) is 11.6. The Kier molecular flexibility index (Phi) is 2.78. The number of rotatable bonds is 2. The van der Waals surface area contributed by atoms with E-state index in [1.807, 2.05) is 6.07 Å². The molecule has 0 bridgehead atoms. The van der Waals surface area contributed by atoms with Crippen LogP contribution in [0.15, 0.2) is 18.3 Å². The van der Waals surface area contributed by atoms with Crippen molar-refractivity contribution < 1.29 is 14.3 Å². The van der Waals surface area contributed by atoms with Crippen LogP contribution in [0, 0.1) is 0 Å². The molecule has 2 heterocycles. The van der Waals surface area contributed by atoms with E-state index < -0.39 is 5.54 Å². The lowest BCUT2D eigenvalue weighted by molar-refractivity contribution is -0.142. The lowest BCUT2D eigenvalue weighted by atomic mass is 9.84. The number of esters is 1. The van der Waals surface area contributed by atoms with Gasteiger partial charge in [-0.1, -0.05) is 6.07 Å². The van der Waals surface area contributed by atoms with Crippen molar-refractivity contribution in [2.24, 2.45) is 5.73 Å². The van der Waals surface area contributed by atoms with Crippen LogP contribution in [0.3, 0.4) is 0 Å². The number of pyridine rings is 1. The van der Waals surface area contributed by atoms with Crippen molar-refractivity contribution in [3.63, 3.8) is 0 Å². The van der Waals surface area contributed by atoms with Gasteiger partial charge >= 0.3 is 5.97 Å². The van der Waals surface area contributed by atoms with Gasteiger partial charge in [0, 0.05) is 18.2 Å². The largest absolute Gasteiger partial charge is 0.477 e. The summed E-state index contributed by atoms with van der Waals surface area (Å²) >= 11 is 0. The number of carbonyl (C=O) groups excluding carboxylic acids is 1. The molecule has 0 spiro atoms. The Labute approximate surface area is 93.6 Å². The number of hydrogen-bond acceptors (Lipinski definition) is 5. The van der Waals surface area contributed by atoms with Crippen LogP contribution in [0.5, 0.6) is 5.88 Å². The zero-order valence-electron chi connectivity index (χ0n) is 9.10. The molecule has 0 saturated heterocycles. The second-order valence-electron chi connectivity index (χ2n) is 3.86. The first-order valence-electron chi connectivity index (χ1n) is 5.10. The lowest BCUT2D eigenvalue weighted by Crippen LogP contribution is -2.43. The Morgan fingerprint density at radius 3 is 3.31 bits per heavy atom. The molecule has 0 unspecified atom stereocenters. The molecular weight excluding hydrogens is 208 g/mol. The Balaban J connectivity index is 2.32. The predicted molar refractivity (Wildman–Crippen MR) is 56.8 cm³/mol. The van der Waals surface area contributed by atoms with E-state index >= 15 is 0 Å². The maximum absolute atomic E-state index is 11.3. The molecule has 0 radical (unpaired) electrons. The zero-order valence-corrected chi connectivity index (χ0v) is 9.10. The minimum atomic E-state index is -0.727. The normalized spacial score (nSPS) is 23.1. The van der Waals surface area contributed by atoms with E-state index in [1.54, 1.807) is 12.3 Å². The lowest BCUT2D eigenvalue weighted by Gasteiger charge is -2.33. The third kappa shape index (κ3) is 1.86. The molecule has 1 atom stereocenters. The van der Waals surface area contributed by atoms with Gasteiger partial charge in [-0.05, 0) is 6.07 Å². The molecule has 5 nitrogen and oxygen atoms in total. The van der Waals surface area contributed by atoms with Crippen LogP contribution in [-0.2, 0) is 15.1 Å². The second kappa shape index (κ2) is 4.09. The predicted octanol–water partition coefficient (Wildman–Crippen LogP) is 0.581. The van der Waals surface area contributed by atoms with E-state index in [1.165, 1.54) is 7.11 Å². The third-order valence-electron chi connectivity index (χ3n) is 2.78. The summed E-state index contributed by atoms with van der Waals surface area (Å²) in [6.45, 7) is 0.470. The van der Waals surface area contributed by atoms with Crippen molar-refractivity contribution in [3.8, 4) is 5.88 Å². The molecule has 2 N–H and O–H groups in total. The first kappa shape index (κ1) is 10.9. The van der Waals surface area contributed by atoms with Crippen molar-refractivity contribution in [2.75, 3.05) is 13.7 Å². The average Bonchev–Trinajstić information content (AvgIpc) is 2.29.